The first kappa shape index (κ1) is 13.8. The van der Waals surface area contributed by atoms with E-state index in [4.69, 9.17) is 0 Å². The molecule has 1 aromatic rings. The van der Waals surface area contributed by atoms with E-state index in [1.807, 2.05) is 6.08 Å². The van der Waals surface area contributed by atoms with Crippen molar-refractivity contribution in [2.75, 3.05) is 6.54 Å². The number of fused-ring (bicyclic) bond motifs is 1. The summed E-state index contributed by atoms with van der Waals surface area (Å²) in [6.07, 6.45) is 10.8. The summed E-state index contributed by atoms with van der Waals surface area (Å²) >= 11 is 2.05. The highest BCUT2D eigenvalue weighted by molar-refractivity contribution is 7.12. The first-order chi connectivity index (χ1) is 8.85. The minimum Gasteiger partial charge on any atom is -0.309 e. The van der Waals surface area contributed by atoms with E-state index in [2.05, 4.69) is 36.2 Å². The van der Waals surface area contributed by atoms with Gasteiger partial charge in [-0.15, -0.1) is 17.9 Å². The Morgan fingerprint density at radius 2 is 2.39 bits per heavy atom. The second-order valence-corrected chi connectivity index (χ2v) is 6.35. The lowest BCUT2D eigenvalue weighted by atomic mass is 10.1. The number of thiophene rings is 1. The molecular weight excluding hydrogens is 238 g/mol. The summed E-state index contributed by atoms with van der Waals surface area (Å²) in [7, 11) is 0. The van der Waals surface area contributed by atoms with E-state index < -0.39 is 0 Å². The van der Waals surface area contributed by atoms with Crippen LogP contribution < -0.4 is 5.32 Å². The Morgan fingerprint density at radius 1 is 1.50 bits per heavy atom. The molecule has 0 spiro atoms. The van der Waals surface area contributed by atoms with Crippen LogP contribution in [0.3, 0.4) is 0 Å². The molecule has 0 bridgehead atoms. The van der Waals surface area contributed by atoms with Gasteiger partial charge >= 0.3 is 0 Å². The molecule has 18 heavy (non-hydrogen) atoms. The van der Waals surface area contributed by atoms with Crippen molar-refractivity contribution in [2.24, 2.45) is 0 Å². The smallest absolute Gasteiger partial charge is 0.0415 e. The zero-order valence-corrected chi connectivity index (χ0v) is 12.3. The van der Waals surface area contributed by atoms with Gasteiger partial charge in [-0.25, -0.2) is 0 Å². The number of nitrogens with one attached hydrogen (secondary N) is 1. The van der Waals surface area contributed by atoms with Crippen molar-refractivity contribution in [3.63, 3.8) is 0 Å². The van der Waals surface area contributed by atoms with Gasteiger partial charge in [0.25, 0.3) is 0 Å². The summed E-state index contributed by atoms with van der Waals surface area (Å²) in [6.45, 7) is 7.18. The Morgan fingerprint density at radius 3 is 3.11 bits per heavy atom. The van der Waals surface area contributed by atoms with Crippen molar-refractivity contribution < 1.29 is 0 Å². The van der Waals surface area contributed by atoms with Crippen LogP contribution in [-0.2, 0) is 12.8 Å². The zero-order valence-electron chi connectivity index (χ0n) is 11.5. The molecule has 1 nitrogen and oxygen atoms in total. The molecular formula is C16H25NS. The molecule has 1 N–H and O–H groups in total. The topological polar surface area (TPSA) is 12.0 Å². The largest absolute Gasteiger partial charge is 0.309 e. The lowest BCUT2D eigenvalue weighted by Gasteiger charge is -2.16. The Balaban J connectivity index is 1.99. The Bertz CT molecular complexity index is 359. The van der Waals surface area contributed by atoms with Gasteiger partial charge in [0.15, 0.2) is 0 Å². The second kappa shape index (κ2) is 7.10. The zero-order chi connectivity index (χ0) is 12.8. The number of unbranched alkanes of at least 4 members (excludes halogenated alkanes) is 1. The fourth-order valence-electron chi connectivity index (χ4n) is 2.65. The Kier molecular flexibility index (Phi) is 5.45. The molecule has 2 rings (SSSR count). The van der Waals surface area contributed by atoms with E-state index >= 15 is 0 Å². The molecule has 0 aromatic carbocycles. The molecule has 100 valence electrons. The van der Waals surface area contributed by atoms with Gasteiger partial charge in [0, 0.05) is 15.8 Å². The fraction of sp³-hybridized carbons (Fsp3) is 0.625. The van der Waals surface area contributed by atoms with Gasteiger partial charge in [-0.2, -0.15) is 0 Å². The van der Waals surface area contributed by atoms with Crippen molar-refractivity contribution in [3.8, 4) is 0 Å². The standard InChI is InChI=1S/C16H25NS/c1-3-5-6-9-14(17-11-4-2)16-12-13-8-7-10-15(13)18-16/h3,12,14,17H,1,4-11H2,2H3. The summed E-state index contributed by atoms with van der Waals surface area (Å²) < 4.78 is 0. The molecule has 0 amide bonds. The highest BCUT2D eigenvalue weighted by Crippen LogP contribution is 2.35. The molecule has 1 heterocycles. The third kappa shape index (κ3) is 3.46. The van der Waals surface area contributed by atoms with E-state index in [1.54, 1.807) is 15.3 Å². The highest BCUT2D eigenvalue weighted by Gasteiger charge is 2.19. The summed E-state index contributed by atoms with van der Waals surface area (Å²) in [4.78, 5) is 3.22. The quantitative estimate of drug-likeness (QED) is 0.532. The Hall–Kier alpha value is -0.600. The van der Waals surface area contributed by atoms with Crippen LogP contribution in [0.25, 0.3) is 0 Å². The number of hydrogen-bond donors (Lipinski definition) is 1. The summed E-state index contributed by atoms with van der Waals surface area (Å²) in [5.74, 6) is 0. The van der Waals surface area contributed by atoms with Gasteiger partial charge in [-0.1, -0.05) is 13.0 Å². The average molecular weight is 263 g/mol. The van der Waals surface area contributed by atoms with Crippen molar-refractivity contribution in [2.45, 2.75) is 57.9 Å². The number of rotatable bonds is 8. The monoisotopic (exact) mass is 263 g/mol. The van der Waals surface area contributed by atoms with Crippen LogP contribution in [0.5, 0.6) is 0 Å². The first-order valence-corrected chi connectivity index (χ1v) is 8.12. The van der Waals surface area contributed by atoms with E-state index in [0.29, 0.717) is 6.04 Å². The molecule has 1 atom stereocenters. The third-order valence-electron chi connectivity index (χ3n) is 3.65. The highest BCUT2D eigenvalue weighted by atomic mass is 32.1. The average Bonchev–Trinajstić information content (AvgIpc) is 2.94. The molecule has 1 aliphatic carbocycles. The van der Waals surface area contributed by atoms with E-state index in [1.165, 1.54) is 38.5 Å². The number of allylic oxidation sites excluding steroid dienone is 1. The van der Waals surface area contributed by atoms with Crippen molar-refractivity contribution in [3.05, 3.63) is 34.0 Å². The minimum atomic E-state index is 0.570. The molecule has 0 saturated heterocycles. The number of hydrogen-bond acceptors (Lipinski definition) is 2. The number of aryl methyl sites for hydroxylation is 2. The van der Waals surface area contributed by atoms with Gasteiger partial charge in [0.2, 0.25) is 0 Å². The van der Waals surface area contributed by atoms with Gasteiger partial charge in [0.1, 0.15) is 0 Å². The van der Waals surface area contributed by atoms with Crippen molar-refractivity contribution in [1.29, 1.82) is 0 Å². The van der Waals surface area contributed by atoms with Gasteiger partial charge in [-0.05, 0) is 63.1 Å². The van der Waals surface area contributed by atoms with Crippen molar-refractivity contribution >= 4 is 11.3 Å². The van der Waals surface area contributed by atoms with Crippen LogP contribution in [0.4, 0.5) is 0 Å². The molecule has 0 fully saturated rings. The lowest BCUT2D eigenvalue weighted by Crippen LogP contribution is -2.21. The molecule has 1 unspecified atom stereocenters. The van der Waals surface area contributed by atoms with Crippen LogP contribution >= 0.6 is 11.3 Å². The molecule has 2 heteroatoms. The van der Waals surface area contributed by atoms with Gasteiger partial charge < -0.3 is 5.32 Å². The molecule has 0 radical (unpaired) electrons. The van der Waals surface area contributed by atoms with Crippen LogP contribution in [0.1, 0.15) is 60.4 Å². The molecule has 0 saturated carbocycles. The van der Waals surface area contributed by atoms with E-state index in [0.717, 1.165) is 13.0 Å². The van der Waals surface area contributed by atoms with Crippen molar-refractivity contribution in [1.82, 2.24) is 5.32 Å². The van der Waals surface area contributed by atoms with E-state index in [9.17, 15) is 0 Å². The minimum absolute atomic E-state index is 0.570. The third-order valence-corrected chi connectivity index (χ3v) is 5.00. The SMILES string of the molecule is C=CCCCC(NCCC)c1cc2c(s1)CCC2. The maximum atomic E-state index is 3.82. The predicted molar refractivity (Wildman–Crippen MR) is 81.4 cm³/mol. The lowest BCUT2D eigenvalue weighted by molar-refractivity contribution is 0.492. The summed E-state index contributed by atoms with van der Waals surface area (Å²) in [5.41, 5.74) is 1.63. The maximum Gasteiger partial charge on any atom is 0.0415 e. The normalized spacial score (nSPS) is 15.6. The van der Waals surface area contributed by atoms with Crippen LogP contribution in [0.2, 0.25) is 0 Å². The Labute approximate surface area is 115 Å². The van der Waals surface area contributed by atoms with Crippen LogP contribution in [-0.4, -0.2) is 6.54 Å². The first-order valence-electron chi connectivity index (χ1n) is 7.31. The summed E-state index contributed by atoms with van der Waals surface area (Å²) in [5, 5.41) is 3.71. The van der Waals surface area contributed by atoms with Crippen LogP contribution in [0, 0.1) is 0 Å². The predicted octanol–water partition coefficient (Wildman–Crippen LogP) is 4.63. The second-order valence-electron chi connectivity index (χ2n) is 5.18. The maximum absolute atomic E-state index is 3.82. The molecule has 0 aliphatic heterocycles. The van der Waals surface area contributed by atoms with E-state index in [-0.39, 0.29) is 0 Å². The van der Waals surface area contributed by atoms with Gasteiger partial charge in [0.05, 0.1) is 0 Å². The van der Waals surface area contributed by atoms with Gasteiger partial charge in [-0.3, -0.25) is 0 Å². The molecule has 1 aromatic heterocycles. The summed E-state index contributed by atoms with van der Waals surface area (Å²) in [6, 6.07) is 3.04. The molecule has 1 aliphatic rings. The van der Waals surface area contributed by atoms with Crippen LogP contribution in [0.15, 0.2) is 18.7 Å². The fourth-order valence-corrected chi connectivity index (χ4v) is 4.02.